The van der Waals surface area contributed by atoms with Gasteiger partial charge in [-0.25, -0.2) is 0 Å². The smallest absolute Gasteiger partial charge is 0.303 e. The largest absolute Gasteiger partial charge is 0.463 e. The summed E-state index contributed by atoms with van der Waals surface area (Å²) < 4.78 is 27.5. The molecule has 1 aromatic carbocycles. The maximum Gasteiger partial charge on any atom is 0.303 e. The lowest BCUT2D eigenvalue weighted by Gasteiger charge is -2.46. The van der Waals surface area contributed by atoms with Crippen molar-refractivity contribution in [2.24, 2.45) is 0 Å². The number of allylic oxidation sites excluding steroid dienone is 2. The fraction of sp³-hybridized carbons (Fsp3) is 0.385. The van der Waals surface area contributed by atoms with E-state index in [1.807, 2.05) is 30.3 Å². The predicted molar refractivity (Wildman–Crippen MR) is 143 cm³/mol. The quantitative estimate of drug-likeness (QED) is 0.194. The Bertz CT molecular complexity index is 1200. The molecule has 2 saturated heterocycles. The van der Waals surface area contributed by atoms with E-state index >= 15 is 0 Å². The number of nitrogens with zero attached hydrogens (tertiary/aromatic N) is 1. The molecule has 11 nitrogen and oxygen atoms in total. The number of carbonyl (C=O) groups excluding carboxylic acids is 5. The molecule has 2 fully saturated rings. The van der Waals surface area contributed by atoms with Gasteiger partial charge in [-0.1, -0.05) is 66.5 Å². The van der Waals surface area contributed by atoms with Gasteiger partial charge in [0.15, 0.2) is 28.9 Å². The normalized spacial score (nSPS) is 26.0. The lowest BCUT2D eigenvalue weighted by Crippen LogP contribution is -2.66. The zero-order chi connectivity index (χ0) is 28.7. The van der Waals surface area contributed by atoms with E-state index in [0.29, 0.717) is 0 Å². The van der Waals surface area contributed by atoms with Gasteiger partial charge in [0.1, 0.15) is 12.7 Å². The number of rotatable bonds is 8. The van der Waals surface area contributed by atoms with Crippen LogP contribution in [0.1, 0.15) is 33.3 Å². The Labute approximate surface area is 234 Å². The van der Waals surface area contributed by atoms with E-state index < -0.39 is 67.0 Å². The zero-order valence-corrected chi connectivity index (χ0v) is 23.2. The zero-order valence-electron chi connectivity index (χ0n) is 21.6. The van der Waals surface area contributed by atoms with Crippen molar-refractivity contribution in [1.29, 1.82) is 0 Å². The molecule has 2 aliphatic heterocycles. The first-order valence-electron chi connectivity index (χ1n) is 11.8. The summed E-state index contributed by atoms with van der Waals surface area (Å²) in [5.41, 5.74) is 0.920. The fourth-order valence-corrected chi connectivity index (χ4v) is 5.20. The molecule has 0 radical (unpaired) electrons. The Morgan fingerprint density at radius 3 is 2.10 bits per heavy atom. The lowest BCUT2D eigenvalue weighted by molar-refractivity contribution is -0.268. The highest BCUT2D eigenvalue weighted by Gasteiger charge is 2.56. The SMILES string of the molecule is CC(=O)OC[C@H]1O[C@@H](N2C(=O)/C(=C\C=C\c3ccccc3)SC2=S)[C@@H](OC(C)=O)[C@@H](OC(C)=O)[C@H]1OC(C)=O. The molecule has 208 valence electrons. The summed E-state index contributed by atoms with van der Waals surface area (Å²) in [7, 11) is 0. The highest BCUT2D eigenvalue weighted by molar-refractivity contribution is 8.26. The number of hydrogen-bond acceptors (Lipinski definition) is 12. The monoisotopic (exact) mass is 577 g/mol. The molecule has 3 rings (SSSR count). The highest BCUT2D eigenvalue weighted by Crippen LogP contribution is 2.38. The summed E-state index contributed by atoms with van der Waals surface area (Å²) in [6, 6.07) is 9.43. The summed E-state index contributed by atoms with van der Waals surface area (Å²) in [4.78, 5) is 62.4. The van der Waals surface area contributed by atoms with E-state index in [2.05, 4.69) is 0 Å². The number of carbonyl (C=O) groups is 5. The van der Waals surface area contributed by atoms with Crippen LogP contribution in [-0.4, -0.2) is 76.3 Å². The van der Waals surface area contributed by atoms with E-state index in [9.17, 15) is 24.0 Å². The molecule has 0 saturated carbocycles. The van der Waals surface area contributed by atoms with Crippen LogP contribution in [0.15, 0.2) is 47.4 Å². The third-order valence-electron chi connectivity index (χ3n) is 5.38. The number of thioether (sulfide) groups is 1. The van der Waals surface area contributed by atoms with Gasteiger partial charge in [-0.05, 0) is 11.6 Å². The van der Waals surface area contributed by atoms with E-state index in [4.69, 9.17) is 35.9 Å². The average molecular weight is 578 g/mol. The summed E-state index contributed by atoms with van der Waals surface area (Å²) in [5.74, 6) is -3.52. The molecular weight excluding hydrogens is 550 g/mol. The van der Waals surface area contributed by atoms with E-state index in [1.165, 1.54) is 6.92 Å². The van der Waals surface area contributed by atoms with Crippen molar-refractivity contribution in [3.8, 4) is 0 Å². The Balaban J connectivity index is 1.99. The Morgan fingerprint density at radius 1 is 0.923 bits per heavy atom. The van der Waals surface area contributed by atoms with Crippen LogP contribution >= 0.6 is 24.0 Å². The number of amides is 1. The standard InChI is InChI=1S/C26H27NO10S2/c1-14(28)33-13-19-21(34-15(2)29)22(35-16(3)30)23(36-17(4)31)25(37-19)27-24(32)20(39-26(27)38)12-8-11-18-9-6-5-7-10-18/h5-12,19,21-23,25H,13H2,1-4H3/b11-8+,20-12+/t19-,21+,22+,23+,25-/m1/s1. The van der Waals surface area contributed by atoms with Gasteiger partial charge in [0.25, 0.3) is 5.91 Å². The molecule has 13 heteroatoms. The van der Waals surface area contributed by atoms with E-state index in [0.717, 1.165) is 43.0 Å². The first-order valence-corrected chi connectivity index (χ1v) is 13.0. The third-order valence-corrected chi connectivity index (χ3v) is 6.73. The Morgan fingerprint density at radius 2 is 1.51 bits per heavy atom. The van der Waals surface area contributed by atoms with Gasteiger partial charge in [-0.15, -0.1) is 0 Å². The summed E-state index contributed by atoms with van der Waals surface area (Å²) in [6.45, 7) is 4.10. The second-order valence-corrected chi connectivity index (χ2v) is 10.1. The van der Waals surface area contributed by atoms with Crippen molar-refractivity contribution in [3.05, 3.63) is 53.0 Å². The van der Waals surface area contributed by atoms with Crippen molar-refractivity contribution < 1.29 is 47.7 Å². The molecular formula is C26H27NO10S2. The first-order chi connectivity index (χ1) is 18.5. The van der Waals surface area contributed by atoms with E-state index in [1.54, 1.807) is 18.2 Å². The second-order valence-electron chi connectivity index (χ2n) is 8.43. The molecule has 0 bridgehead atoms. The van der Waals surface area contributed by atoms with Gasteiger partial charge in [0, 0.05) is 27.7 Å². The Hall–Kier alpha value is -3.55. The maximum absolute atomic E-state index is 13.5. The molecule has 39 heavy (non-hydrogen) atoms. The molecule has 0 unspecified atom stereocenters. The van der Waals surface area contributed by atoms with Crippen LogP contribution in [0.5, 0.6) is 0 Å². The topological polar surface area (TPSA) is 135 Å². The van der Waals surface area contributed by atoms with Crippen molar-refractivity contribution in [3.63, 3.8) is 0 Å². The van der Waals surface area contributed by atoms with Gasteiger partial charge in [-0.2, -0.15) is 0 Å². The average Bonchev–Trinajstić information content (AvgIpc) is 3.13. The summed E-state index contributed by atoms with van der Waals surface area (Å²) in [6.07, 6.45) is -1.72. The summed E-state index contributed by atoms with van der Waals surface area (Å²) in [5, 5.41) is 0. The van der Waals surface area contributed by atoms with Gasteiger partial charge in [0.05, 0.1) is 4.91 Å². The molecule has 0 aliphatic carbocycles. The molecule has 0 spiro atoms. The third kappa shape index (κ3) is 7.97. The van der Waals surface area contributed by atoms with Crippen LogP contribution < -0.4 is 0 Å². The minimum absolute atomic E-state index is 0.0836. The fourth-order valence-electron chi connectivity index (χ4n) is 3.94. The highest BCUT2D eigenvalue weighted by atomic mass is 32.2. The molecule has 2 aliphatic rings. The van der Waals surface area contributed by atoms with Crippen LogP contribution in [0.2, 0.25) is 0 Å². The number of ether oxygens (including phenoxy) is 5. The van der Waals surface area contributed by atoms with Gasteiger partial charge in [-0.3, -0.25) is 28.9 Å². The molecule has 0 N–H and O–H groups in total. The van der Waals surface area contributed by atoms with Crippen molar-refractivity contribution in [1.82, 2.24) is 4.90 Å². The number of esters is 4. The molecule has 1 amide bonds. The van der Waals surface area contributed by atoms with E-state index in [-0.39, 0.29) is 9.23 Å². The van der Waals surface area contributed by atoms with Crippen molar-refractivity contribution in [2.75, 3.05) is 6.61 Å². The molecule has 2 heterocycles. The minimum Gasteiger partial charge on any atom is -0.463 e. The van der Waals surface area contributed by atoms with Crippen LogP contribution in [0, 0.1) is 0 Å². The number of benzene rings is 1. The van der Waals surface area contributed by atoms with Gasteiger partial charge >= 0.3 is 23.9 Å². The molecule has 5 atom stereocenters. The van der Waals surface area contributed by atoms with Gasteiger partial charge in [0.2, 0.25) is 0 Å². The van der Waals surface area contributed by atoms with Crippen LogP contribution in [-0.2, 0) is 47.7 Å². The first kappa shape index (κ1) is 30.0. The lowest BCUT2D eigenvalue weighted by atomic mass is 9.96. The summed E-state index contributed by atoms with van der Waals surface area (Å²) >= 11 is 6.46. The van der Waals surface area contributed by atoms with Crippen molar-refractivity contribution >= 4 is 64.2 Å². The molecule has 1 aromatic rings. The molecule has 0 aromatic heterocycles. The Kier molecular flexibility index (Phi) is 10.4. The van der Waals surface area contributed by atoms with Gasteiger partial charge < -0.3 is 23.7 Å². The van der Waals surface area contributed by atoms with Crippen LogP contribution in [0.3, 0.4) is 0 Å². The minimum atomic E-state index is -1.44. The number of thiocarbonyl (C=S) groups is 1. The van der Waals surface area contributed by atoms with Crippen molar-refractivity contribution in [2.45, 2.75) is 58.3 Å². The maximum atomic E-state index is 13.5. The second kappa shape index (κ2) is 13.5. The van der Waals surface area contributed by atoms with Crippen LogP contribution in [0.25, 0.3) is 6.08 Å². The number of hydrogen-bond donors (Lipinski definition) is 0. The predicted octanol–water partition coefficient (Wildman–Crippen LogP) is 2.53. The van der Waals surface area contributed by atoms with Crippen LogP contribution in [0.4, 0.5) is 0 Å².